The van der Waals surface area contributed by atoms with Gasteiger partial charge in [-0.3, -0.25) is 4.79 Å². The molecule has 5 nitrogen and oxygen atoms in total. The number of aryl methyl sites for hydroxylation is 1. The molecular weight excluding hydrogens is 423 g/mol. The molecule has 1 atom stereocenters. The lowest BCUT2D eigenvalue weighted by molar-refractivity contribution is -0.148. The van der Waals surface area contributed by atoms with Gasteiger partial charge in [-0.05, 0) is 68.8 Å². The number of nitrogens with zero attached hydrogens (tertiary/aromatic N) is 2. The van der Waals surface area contributed by atoms with Crippen LogP contribution in [0.5, 0.6) is 5.75 Å². The van der Waals surface area contributed by atoms with Gasteiger partial charge in [0.15, 0.2) is 0 Å². The normalized spacial score (nSPS) is 11.9. The summed E-state index contributed by atoms with van der Waals surface area (Å²) in [5, 5.41) is 10.1. The average Bonchev–Trinajstić information content (AvgIpc) is 3.21. The molecule has 0 aliphatic carbocycles. The highest BCUT2D eigenvalue weighted by Gasteiger charge is 2.15. The van der Waals surface area contributed by atoms with Crippen molar-refractivity contribution in [3.8, 4) is 16.3 Å². The van der Waals surface area contributed by atoms with Crippen molar-refractivity contribution in [3.05, 3.63) is 58.9 Å². The Labute approximate surface area is 183 Å². The van der Waals surface area contributed by atoms with Crippen molar-refractivity contribution in [2.45, 2.75) is 31.4 Å². The number of hydrogen-bond donors (Lipinski definition) is 0. The van der Waals surface area contributed by atoms with E-state index < -0.39 is 0 Å². The van der Waals surface area contributed by atoms with Gasteiger partial charge in [-0.2, -0.15) is 0 Å². The van der Waals surface area contributed by atoms with E-state index in [1.165, 1.54) is 23.5 Å². The number of halogens is 1. The number of esters is 1. The zero-order valence-electron chi connectivity index (χ0n) is 17.1. The van der Waals surface area contributed by atoms with E-state index in [9.17, 15) is 9.18 Å². The minimum Gasteiger partial charge on any atom is -0.492 e. The number of aromatic nitrogens is 2. The molecule has 0 saturated heterocycles. The fraction of sp³-hybridized carbons (Fsp3) is 0.318. The molecule has 1 aromatic heterocycles. The lowest BCUT2D eigenvalue weighted by Gasteiger charge is -2.14. The second kappa shape index (κ2) is 10.5. The highest BCUT2D eigenvalue weighted by Crippen LogP contribution is 2.31. The summed E-state index contributed by atoms with van der Waals surface area (Å²) in [7, 11) is 0. The van der Waals surface area contributed by atoms with Gasteiger partial charge in [0.1, 0.15) is 28.2 Å². The first-order valence-electron chi connectivity index (χ1n) is 9.57. The molecule has 0 spiro atoms. The molecule has 8 heteroatoms. The Bertz CT molecular complexity index is 992. The highest BCUT2D eigenvalue weighted by molar-refractivity contribution is 7.98. The van der Waals surface area contributed by atoms with Crippen LogP contribution in [-0.2, 0) is 15.3 Å². The predicted octanol–water partition coefficient (Wildman–Crippen LogP) is 5.52. The van der Waals surface area contributed by atoms with Gasteiger partial charge in [-0.1, -0.05) is 11.3 Å². The Morgan fingerprint density at radius 1 is 1.20 bits per heavy atom. The summed E-state index contributed by atoms with van der Waals surface area (Å²) in [4.78, 5) is 12.8. The first-order valence-corrected chi connectivity index (χ1v) is 11.4. The molecule has 0 saturated carbocycles. The highest BCUT2D eigenvalue weighted by atomic mass is 32.2. The molecule has 0 N–H and O–H groups in total. The van der Waals surface area contributed by atoms with Gasteiger partial charge >= 0.3 is 5.97 Å². The van der Waals surface area contributed by atoms with Crippen LogP contribution in [0.2, 0.25) is 0 Å². The van der Waals surface area contributed by atoms with E-state index in [1.807, 2.05) is 19.1 Å². The van der Waals surface area contributed by atoms with Crippen LogP contribution in [0, 0.1) is 18.7 Å². The van der Waals surface area contributed by atoms with E-state index in [4.69, 9.17) is 9.47 Å². The Hall–Kier alpha value is -2.45. The van der Waals surface area contributed by atoms with Crippen LogP contribution >= 0.6 is 23.1 Å². The molecule has 0 aliphatic rings. The van der Waals surface area contributed by atoms with E-state index in [0.29, 0.717) is 12.4 Å². The molecule has 0 radical (unpaired) electrons. The lowest BCUT2D eigenvalue weighted by atomic mass is 10.2. The second-order valence-electron chi connectivity index (χ2n) is 6.69. The molecule has 0 bridgehead atoms. The van der Waals surface area contributed by atoms with E-state index in [-0.39, 0.29) is 24.3 Å². The average molecular weight is 447 g/mol. The van der Waals surface area contributed by atoms with Gasteiger partial charge in [0.05, 0.1) is 18.3 Å². The Kier molecular flexibility index (Phi) is 7.81. The van der Waals surface area contributed by atoms with Gasteiger partial charge in [-0.15, -0.1) is 22.0 Å². The zero-order valence-corrected chi connectivity index (χ0v) is 18.7. The molecule has 1 unspecified atom stereocenters. The topological polar surface area (TPSA) is 61.3 Å². The number of carbonyl (C=O) groups excluding carboxylic acids is 1. The van der Waals surface area contributed by atoms with Crippen LogP contribution < -0.4 is 4.74 Å². The van der Waals surface area contributed by atoms with Crippen molar-refractivity contribution in [3.63, 3.8) is 0 Å². The van der Waals surface area contributed by atoms with Crippen molar-refractivity contribution in [2.75, 3.05) is 13.2 Å². The number of carbonyl (C=O) groups is 1. The zero-order chi connectivity index (χ0) is 21.5. The smallest absolute Gasteiger partial charge is 0.312 e. The van der Waals surface area contributed by atoms with Crippen LogP contribution in [0.4, 0.5) is 4.39 Å². The van der Waals surface area contributed by atoms with Crippen LogP contribution in [-0.4, -0.2) is 29.4 Å². The molecule has 30 heavy (non-hydrogen) atoms. The molecular formula is C22H23FN2O3S2. The summed E-state index contributed by atoms with van der Waals surface area (Å²) >= 11 is 3.16. The lowest BCUT2D eigenvalue weighted by Crippen LogP contribution is -2.21. The maximum atomic E-state index is 13.1. The monoisotopic (exact) mass is 446 g/mol. The molecule has 0 aliphatic heterocycles. The Balaban J connectivity index is 1.55. The van der Waals surface area contributed by atoms with Gasteiger partial charge in [0.25, 0.3) is 0 Å². The number of thioether (sulfide) groups is 1. The van der Waals surface area contributed by atoms with Gasteiger partial charge in [0.2, 0.25) is 0 Å². The van der Waals surface area contributed by atoms with Crippen molar-refractivity contribution in [1.29, 1.82) is 0 Å². The standard InChI is InChI=1S/C22H23FN2O3S2/c1-4-27-22(26)15(3)12-28-19-10-9-18(11-14(19)2)29-13-20-24-25-21(30-20)16-5-7-17(23)8-6-16/h5-11,15H,4,12-13H2,1-3H3. The maximum Gasteiger partial charge on any atom is 0.312 e. The fourth-order valence-electron chi connectivity index (χ4n) is 2.61. The summed E-state index contributed by atoms with van der Waals surface area (Å²) in [5.41, 5.74) is 1.86. The molecule has 0 fully saturated rings. The quantitative estimate of drug-likeness (QED) is 0.318. The van der Waals surface area contributed by atoms with Crippen molar-refractivity contribution in [1.82, 2.24) is 10.2 Å². The molecule has 3 aromatic rings. The molecule has 3 rings (SSSR count). The largest absolute Gasteiger partial charge is 0.492 e. The molecule has 158 valence electrons. The first-order chi connectivity index (χ1) is 14.5. The van der Waals surface area contributed by atoms with E-state index in [2.05, 4.69) is 16.3 Å². The van der Waals surface area contributed by atoms with E-state index >= 15 is 0 Å². The van der Waals surface area contributed by atoms with Crippen LogP contribution in [0.3, 0.4) is 0 Å². The van der Waals surface area contributed by atoms with Crippen molar-refractivity contribution in [2.24, 2.45) is 5.92 Å². The van der Waals surface area contributed by atoms with Gasteiger partial charge < -0.3 is 9.47 Å². The van der Waals surface area contributed by atoms with Crippen LogP contribution in [0.15, 0.2) is 47.4 Å². The Morgan fingerprint density at radius 3 is 2.67 bits per heavy atom. The van der Waals surface area contributed by atoms with Crippen molar-refractivity contribution >= 4 is 29.1 Å². The third kappa shape index (κ3) is 6.03. The minimum absolute atomic E-state index is 0.251. The summed E-state index contributed by atoms with van der Waals surface area (Å²) in [6, 6.07) is 12.2. The number of rotatable bonds is 9. The second-order valence-corrected chi connectivity index (χ2v) is 8.80. The van der Waals surface area contributed by atoms with E-state index in [0.717, 1.165) is 31.8 Å². The SMILES string of the molecule is CCOC(=O)C(C)COc1ccc(SCc2nnc(-c3ccc(F)cc3)s2)cc1C. The number of ether oxygens (including phenoxy) is 2. The molecule has 0 amide bonds. The maximum absolute atomic E-state index is 13.1. The van der Waals surface area contributed by atoms with Crippen LogP contribution in [0.1, 0.15) is 24.4 Å². The molecule has 2 aromatic carbocycles. The predicted molar refractivity (Wildman–Crippen MR) is 117 cm³/mol. The van der Waals surface area contributed by atoms with Gasteiger partial charge in [0, 0.05) is 10.5 Å². The summed E-state index contributed by atoms with van der Waals surface area (Å²) in [6.07, 6.45) is 0. The minimum atomic E-state index is -0.314. The summed E-state index contributed by atoms with van der Waals surface area (Å²) in [5.74, 6) is 0.617. The first kappa shape index (κ1) is 22.2. The third-order valence-corrected chi connectivity index (χ3v) is 6.40. The van der Waals surface area contributed by atoms with E-state index in [1.54, 1.807) is 37.7 Å². The summed E-state index contributed by atoms with van der Waals surface area (Å²) < 4.78 is 23.9. The fourth-order valence-corrected chi connectivity index (χ4v) is 4.43. The Morgan fingerprint density at radius 2 is 1.97 bits per heavy atom. The van der Waals surface area contributed by atoms with Crippen LogP contribution in [0.25, 0.3) is 10.6 Å². The summed E-state index contributed by atoms with van der Waals surface area (Å²) in [6.45, 7) is 6.21. The number of benzene rings is 2. The number of hydrogen-bond acceptors (Lipinski definition) is 7. The van der Waals surface area contributed by atoms with Gasteiger partial charge in [-0.25, -0.2) is 4.39 Å². The third-order valence-electron chi connectivity index (χ3n) is 4.24. The van der Waals surface area contributed by atoms with Crippen molar-refractivity contribution < 1.29 is 18.7 Å². The molecule has 1 heterocycles.